The van der Waals surface area contributed by atoms with E-state index in [1.807, 2.05) is 0 Å². The van der Waals surface area contributed by atoms with E-state index in [-0.39, 0.29) is 12.1 Å². The molecule has 0 atom stereocenters. The molecule has 1 heterocycles. The number of nitrogens with zero attached hydrogens (tertiary/aromatic N) is 2. The van der Waals surface area contributed by atoms with E-state index in [4.69, 9.17) is 16.9 Å². The zero-order valence-corrected chi connectivity index (χ0v) is 7.52. The number of nitriles is 1. The number of aromatic nitrogens is 1. The summed E-state index contributed by atoms with van der Waals surface area (Å²) < 4.78 is 37.8. The topological polar surface area (TPSA) is 36.7 Å². The van der Waals surface area contributed by atoms with Crippen LogP contribution in [-0.2, 0) is 6.42 Å². The van der Waals surface area contributed by atoms with Gasteiger partial charge in [0.1, 0.15) is 0 Å². The normalized spacial score (nSPS) is 10.3. The fourth-order valence-corrected chi connectivity index (χ4v) is 1.10. The van der Waals surface area contributed by atoms with Crippen molar-refractivity contribution >= 4 is 11.6 Å². The van der Waals surface area contributed by atoms with Crippen LogP contribution in [0.3, 0.4) is 0 Å². The first-order valence-corrected chi connectivity index (χ1v) is 3.93. The van der Waals surface area contributed by atoms with Crippen LogP contribution < -0.4 is 0 Å². The van der Waals surface area contributed by atoms with Crippen LogP contribution in [0.25, 0.3) is 0 Å². The van der Waals surface area contributed by atoms with E-state index in [1.165, 1.54) is 0 Å². The molecule has 0 aliphatic rings. The number of hydrogen-bond donors (Lipinski definition) is 0. The highest BCUT2D eigenvalue weighted by atomic mass is 35.5. The Bertz CT molecular complexity index is 387. The Morgan fingerprint density at radius 1 is 1.57 bits per heavy atom. The van der Waals surface area contributed by atoms with Gasteiger partial charge in [-0.3, -0.25) is 4.98 Å². The van der Waals surface area contributed by atoms with E-state index in [1.54, 1.807) is 6.07 Å². The van der Waals surface area contributed by atoms with E-state index in [9.17, 15) is 13.2 Å². The Hall–Kier alpha value is -1.28. The van der Waals surface area contributed by atoms with Gasteiger partial charge in [-0.05, 0) is 0 Å². The lowest BCUT2D eigenvalue weighted by molar-refractivity contribution is 0.144. The summed E-state index contributed by atoms with van der Waals surface area (Å²) in [6, 6.07) is 1.62. The van der Waals surface area contributed by atoms with Crippen LogP contribution in [0, 0.1) is 17.1 Å². The Balaban J connectivity index is 3.31. The molecule has 0 unspecified atom stereocenters. The molecular weight excluding hydrogens is 217 g/mol. The molecule has 0 saturated heterocycles. The molecule has 0 bridgehead atoms. The van der Waals surface area contributed by atoms with Crippen molar-refractivity contribution < 1.29 is 13.2 Å². The third-order valence-corrected chi connectivity index (χ3v) is 1.82. The van der Waals surface area contributed by atoms with Gasteiger partial charge >= 0.3 is 0 Å². The van der Waals surface area contributed by atoms with Crippen LogP contribution in [0.15, 0.2) is 6.20 Å². The van der Waals surface area contributed by atoms with Crippen LogP contribution in [0.5, 0.6) is 0 Å². The second-order valence-electron chi connectivity index (χ2n) is 2.42. The smallest absolute Gasteiger partial charge is 0.258 e. The molecule has 0 aromatic carbocycles. The van der Waals surface area contributed by atoms with Crippen LogP contribution in [0.4, 0.5) is 13.2 Å². The van der Waals surface area contributed by atoms with Crippen molar-refractivity contribution in [2.24, 2.45) is 0 Å². The van der Waals surface area contributed by atoms with Crippen LogP contribution in [-0.4, -0.2) is 4.98 Å². The van der Waals surface area contributed by atoms with Gasteiger partial charge < -0.3 is 0 Å². The Morgan fingerprint density at radius 3 is 2.71 bits per heavy atom. The minimum absolute atomic E-state index is 0.274. The molecule has 2 nitrogen and oxygen atoms in total. The monoisotopic (exact) mass is 220 g/mol. The summed E-state index contributed by atoms with van der Waals surface area (Å²) in [6.07, 6.45) is -2.48. The number of hydrogen-bond acceptors (Lipinski definition) is 2. The van der Waals surface area contributed by atoms with Gasteiger partial charge in [-0.2, -0.15) is 5.26 Å². The molecule has 0 aliphatic carbocycles. The van der Waals surface area contributed by atoms with Gasteiger partial charge in [-0.25, -0.2) is 13.2 Å². The average molecular weight is 221 g/mol. The number of pyridine rings is 1. The van der Waals surface area contributed by atoms with E-state index < -0.39 is 22.8 Å². The lowest BCUT2D eigenvalue weighted by Gasteiger charge is -2.06. The van der Waals surface area contributed by atoms with Gasteiger partial charge in [-0.1, -0.05) is 11.6 Å². The summed E-state index contributed by atoms with van der Waals surface area (Å²) in [4.78, 5) is 3.48. The van der Waals surface area contributed by atoms with E-state index in [0.717, 1.165) is 6.20 Å². The zero-order chi connectivity index (χ0) is 10.7. The maximum absolute atomic E-state index is 13.1. The van der Waals surface area contributed by atoms with E-state index in [0.29, 0.717) is 0 Å². The zero-order valence-electron chi connectivity index (χ0n) is 6.77. The van der Waals surface area contributed by atoms with Gasteiger partial charge in [0.2, 0.25) is 0 Å². The molecule has 14 heavy (non-hydrogen) atoms. The summed E-state index contributed by atoms with van der Waals surface area (Å²) in [5, 5.41) is 7.83. The maximum atomic E-state index is 13.1. The van der Waals surface area contributed by atoms with E-state index in [2.05, 4.69) is 4.98 Å². The first kappa shape index (κ1) is 10.8. The lowest BCUT2D eigenvalue weighted by Crippen LogP contribution is -2.02. The van der Waals surface area contributed by atoms with Crippen molar-refractivity contribution in [2.75, 3.05) is 0 Å². The van der Waals surface area contributed by atoms with Crippen molar-refractivity contribution in [2.45, 2.75) is 12.8 Å². The van der Waals surface area contributed by atoms with Crippen LogP contribution in [0.2, 0.25) is 5.02 Å². The fraction of sp³-hybridized carbons (Fsp3) is 0.250. The molecule has 0 fully saturated rings. The summed E-state index contributed by atoms with van der Waals surface area (Å²) in [5.74, 6) is -1.21. The quantitative estimate of drug-likeness (QED) is 0.768. The molecule has 1 rings (SSSR count). The van der Waals surface area contributed by atoms with Crippen LogP contribution in [0.1, 0.15) is 17.7 Å². The van der Waals surface area contributed by atoms with Crippen molar-refractivity contribution in [3.8, 4) is 6.07 Å². The van der Waals surface area contributed by atoms with Crippen LogP contribution >= 0.6 is 11.6 Å². The standard InChI is InChI=1S/C8H4ClF3N2/c9-4-3-14-5(1-2-13)6(7(4)10)8(11)12/h3,8H,1H2. The molecule has 1 aromatic rings. The summed E-state index contributed by atoms with van der Waals surface area (Å²) in [7, 11) is 0. The highest BCUT2D eigenvalue weighted by molar-refractivity contribution is 6.30. The second-order valence-corrected chi connectivity index (χ2v) is 2.82. The molecule has 0 spiro atoms. The Kier molecular flexibility index (Phi) is 3.31. The minimum atomic E-state index is -3.02. The van der Waals surface area contributed by atoms with Gasteiger partial charge in [0.05, 0.1) is 28.8 Å². The van der Waals surface area contributed by atoms with Gasteiger partial charge in [0.25, 0.3) is 6.43 Å². The fourth-order valence-electron chi connectivity index (χ4n) is 0.954. The molecule has 0 aliphatic heterocycles. The molecule has 0 saturated carbocycles. The first-order chi connectivity index (χ1) is 6.57. The van der Waals surface area contributed by atoms with Crippen molar-refractivity contribution in [1.82, 2.24) is 4.98 Å². The molecule has 74 valence electrons. The lowest BCUT2D eigenvalue weighted by atomic mass is 10.1. The number of alkyl halides is 2. The van der Waals surface area contributed by atoms with Crippen molar-refractivity contribution in [1.29, 1.82) is 5.26 Å². The largest absolute Gasteiger partial charge is 0.268 e. The molecule has 0 radical (unpaired) electrons. The molecule has 0 N–H and O–H groups in total. The third kappa shape index (κ3) is 1.96. The Morgan fingerprint density at radius 2 is 2.21 bits per heavy atom. The van der Waals surface area contributed by atoms with Gasteiger partial charge in [0, 0.05) is 6.20 Å². The second kappa shape index (κ2) is 4.29. The number of halogens is 4. The highest BCUT2D eigenvalue weighted by Crippen LogP contribution is 2.28. The maximum Gasteiger partial charge on any atom is 0.268 e. The summed E-state index contributed by atoms with van der Waals surface area (Å²) in [5.41, 5.74) is -1.16. The van der Waals surface area contributed by atoms with Crippen molar-refractivity contribution in [3.63, 3.8) is 0 Å². The minimum Gasteiger partial charge on any atom is -0.258 e. The molecular formula is C8H4ClF3N2. The third-order valence-electron chi connectivity index (χ3n) is 1.56. The molecule has 6 heteroatoms. The summed E-state index contributed by atoms with van der Waals surface area (Å²) in [6.45, 7) is 0. The Labute approximate surface area is 82.9 Å². The predicted molar refractivity (Wildman–Crippen MR) is 43.5 cm³/mol. The number of rotatable bonds is 2. The van der Waals surface area contributed by atoms with Crippen molar-refractivity contribution in [3.05, 3.63) is 28.3 Å². The van der Waals surface area contributed by atoms with Gasteiger partial charge in [0.15, 0.2) is 5.82 Å². The molecule has 1 aromatic heterocycles. The SMILES string of the molecule is N#CCc1ncc(Cl)c(F)c1C(F)F. The molecule has 0 amide bonds. The van der Waals surface area contributed by atoms with Gasteiger partial charge in [-0.15, -0.1) is 0 Å². The average Bonchev–Trinajstić information content (AvgIpc) is 2.11. The predicted octanol–water partition coefficient (Wildman–Crippen LogP) is 2.88. The highest BCUT2D eigenvalue weighted by Gasteiger charge is 2.21. The van der Waals surface area contributed by atoms with E-state index >= 15 is 0 Å². The summed E-state index contributed by atoms with van der Waals surface area (Å²) >= 11 is 5.28. The first-order valence-electron chi connectivity index (χ1n) is 3.55.